The summed E-state index contributed by atoms with van der Waals surface area (Å²) in [6, 6.07) is 3.37. The fourth-order valence-electron chi connectivity index (χ4n) is 1.78. The molecule has 17 heavy (non-hydrogen) atoms. The number of carbonyl (C=O) groups excluding carboxylic acids is 1. The number of aliphatic hydroxyl groups is 2. The lowest BCUT2D eigenvalue weighted by molar-refractivity contribution is -0.130. The topological polar surface area (TPSA) is 99.7 Å². The van der Waals surface area contributed by atoms with Gasteiger partial charge in [0.2, 0.25) is 5.91 Å². The molecule has 0 spiro atoms. The summed E-state index contributed by atoms with van der Waals surface area (Å²) in [7, 11) is 0. The quantitative estimate of drug-likeness (QED) is 0.598. The normalized spacial score (nSPS) is 24.0. The van der Waals surface area contributed by atoms with E-state index in [1.54, 1.807) is 12.1 Å². The Morgan fingerprint density at radius 3 is 2.59 bits per heavy atom. The average molecular weight is 237 g/mol. The summed E-state index contributed by atoms with van der Waals surface area (Å²) in [6.45, 7) is 0.351. The van der Waals surface area contributed by atoms with Crippen LogP contribution in [0.2, 0.25) is 0 Å². The number of anilines is 1. The number of rotatable bonds is 2. The predicted octanol–water partition coefficient (Wildman–Crippen LogP) is -1.23. The Hall–Kier alpha value is -1.66. The Morgan fingerprint density at radius 1 is 1.41 bits per heavy atom. The largest absolute Gasteiger partial charge is 0.397 e. The molecule has 1 saturated heterocycles. The maximum atomic E-state index is 11.8. The summed E-state index contributed by atoms with van der Waals surface area (Å²) in [5, 5.41) is 18.7. The van der Waals surface area contributed by atoms with E-state index in [-0.39, 0.29) is 25.4 Å². The molecule has 2 rings (SSSR count). The fourth-order valence-corrected chi connectivity index (χ4v) is 1.78. The van der Waals surface area contributed by atoms with E-state index in [0.29, 0.717) is 11.4 Å². The van der Waals surface area contributed by atoms with Gasteiger partial charge in [-0.25, -0.2) is 0 Å². The van der Waals surface area contributed by atoms with Crippen LogP contribution >= 0.6 is 0 Å². The molecule has 0 unspecified atom stereocenters. The first-order valence-corrected chi connectivity index (χ1v) is 5.40. The molecular formula is C11H15N3O3. The van der Waals surface area contributed by atoms with E-state index in [1.165, 1.54) is 11.1 Å². The summed E-state index contributed by atoms with van der Waals surface area (Å²) in [5.74, 6) is -0.155. The number of β-amino-alcohol motifs (C(OH)–C–C–N with tert-alkyl or cyclic N) is 2. The first kappa shape index (κ1) is 11.8. The van der Waals surface area contributed by atoms with Crippen LogP contribution in [0.25, 0.3) is 0 Å². The first-order valence-electron chi connectivity index (χ1n) is 5.40. The van der Waals surface area contributed by atoms with Gasteiger partial charge in [0.05, 0.1) is 30.5 Å². The van der Waals surface area contributed by atoms with Gasteiger partial charge >= 0.3 is 0 Å². The number of aromatic nitrogens is 1. The second kappa shape index (κ2) is 4.68. The number of nitrogens with zero attached hydrogens (tertiary/aromatic N) is 2. The summed E-state index contributed by atoms with van der Waals surface area (Å²) < 4.78 is 0. The van der Waals surface area contributed by atoms with Gasteiger partial charge in [-0.05, 0) is 12.1 Å². The highest BCUT2D eigenvalue weighted by molar-refractivity contribution is 5.78. The number of carbonyl (C=O) groups is 1. The number of aliphatic hydroxyl groups excluding tert-OH is 2. The highest BCUT2D eigenvalue weighted by Crippen LogP contribution is 2.12. The van der Waals surface area contributed by atoms with Gasteiger partial charge < -0.3 is 20.8 Å². The minimum absolute atomic E-state index is 0.152. The molecule has 0 saturated carbocycles. The third-order valence-corrected chi connectivity index (χ3v) is 2.79. The molecule has 4 N–H and O–H groups in total. The standard InChI is InChI=1S/C11H15N3O3/c12-7-1-2-8(13-4-7)3-11(17)14-5-9(15)10(16)6-14/h1-2,4,9-10,15-16H,3,5-6,12H2/t9-,10+. The predicted molar refractivity (Wildman–Crippen MR) is 60.9 cm³/mol. The van der Waals surface area contributed by atoms with Crippen molar-refractivity contribution < 1.29 is 15.0 Å². The minimum atomic E-state index is -0.849. The Bertz CT molecular complexity index is 397. The van der Waals surface area contributed by atoms with Crippen LogP contribution in [0.3, 0.4) is 0 Å². The summed E-state index contributed by atoms with van der Waals surface area (Å²) in [6.07, 6.45) is -0.0487. The first-order chi connectivity index (χ1) is 8.06. The van der Waals surface area contributed by atoms with Gasteiger partial charge in [0.1, 0.15) is 0 Å². The zero-order chi connectivity index (χ0) is 12.4. The van der Waals surface area contributed by atoms with E-state index in [1.807, 2.05) is 0 Å². The van der Waals surface area contributed by atoms with Crippen LogP contribution < -0.4 is 5.73 Å². The monoisotopic (exact) mass is 237 g/mol. The molecule has 1 fully saturated rings. The van der Waals surface area contributed by atoms with Gasteiger partial charge in [-0.2, -0.15) is 0 Å². The Labute approximate surface area is 98.7 Å². The molecule has 0 aliphatic carbocycles. The number of hydrogen-bond donors (Lipinski definition) is 3. The zero-order valence-electron chi connectivity index (χ0n) is 9.28. The molecule has 6 nitrogen and oxygen atoms in total. The minimum Gasteiger partial charge on any atom is -0.397 e. The lowest BCUT2D eigenvalue weighted by atomic mass is 10.2. The number of nitrogens with two attached hydrogens (primary N) is 1. The third kappa shape index (κ3) is 2.72. The van der Waals surface area contributed by atoms with Crippen molar-refractivity contribution in [3.8, 4) is 0 Å². The molecule has 2 heterocycles. The van der Waals surface area contributed by atoms with Gasteiger partial charge in [0, 0.05) is 18.8 Å². The molecule has 0 radical (unpaired) electrons. The third-order valence-electron chi connectivity index (χ3n) is 2.79. The van der Waals surface area contributed by atoms with Crippen LogP contribution in [-0.2, 0) is 11.2 Å². The van der Waals surface area contributed by atoms with Gasteiger partial charge in [-0.15, -0.1) is 0 Å². The average Bonchev–Trinajstić information content (AvgIpc) is 2.63. The van der Waals surface area contributed by atoms with Crippen molar-refractivity contribution in [2.45, 2.75) is 18.6 Å². The van der Waals surface area contributed by atoms with Gasteiger partial charge in [-0.1, -0.05) is 0 Å². The van der Waals surface area contributed by atoms with E-state index in [2.05, 4.69) is 4.98 Å². The lowest BCUT2D eigenvalue weighted by Gasteiger charge is -2.14. The SMILES string of the molecule is Nc1ccc(CC(=O)N2C[C@@H](O)[C@@H](O)C2)nc1. The Morgan fingerprint density at radius 2 is 2.06 bits per heavy atom. The van der Waals surface area contributed by atoms with E-state index in [9.17, 15) is 15.0 Å². The van der Waals surface area contributed by atoms with Crippen molar-refractivity contribution >= 4 is 11.6 Å². The molecule has 6 heteroatoms. The number of pyridine rings is 1. The van der Waals surface area contributed by atoms with E-state index in [0.717, 1.165) is 0 Å². The van der Waals surface area contributed by atoms with Crippen molar-refractivity contribution in [3.05, 3.63) is 24.0 Å². The molecule has 2 atom stereocenters. The van der Waals surface area contributed by atoms with Gasteiger partial charge in [0.25, 0.3) is 0 Å². The Kier molecular flexibility index (Phi) is 3.26. The second-order valence-electron chi connectivity index (χ2n) is 4.19. The second-order valence-corrected chi connectivity index (χ2v) is 4.19. The summed E-state index contributed by atoms with van der Waals surface area (Å²) in [5.41, 5.74) is 6.67. The molecule has 1 aliphatic heterocycles. The van der Waals surface area contributed by atoms with Crippen molar-refractivity contribution in [2.75, 3.05) is 18.8 Å². The number of likely N-dealkylation sites (tertiary alicyclic amines) is 1. The molecule has 0 bridgehead atoms. The van der Waals surface area contributed by atoms with Crippen LogP contribution in [0.1, 0.15) is 5.69 Å². The van der Waals surface area contributed by atoms with E-state index < -0.39 is 12.2 Å². The maximum absolute atomic E-state index is 11.8. The van der Waals surface area contributed by atoms with Crippen LogP contribution in [0.4, 0.5) is 5.69 Å². The van der Waals surface area contributed by atoms with Crippen LogP contribution in [0.15, 0.2) is 18.3 Å². The van der Waals surface area contributed by atoms with Gasteiger partial charge in [-0.3, -0.25) is 9.78 Å². The number of hydrogen-bond acceptors (Lipinski definition) is 5. The highest BCUT2D eigenvalue weighted by atomic mass is 16.3. The van der Waals surface area contributed by atoms with Crippen molar-refractivity contribution in [1.82, 2.24) is 9.88 Å². The number of nitrogen functional groups attached to an aromatic ring is 1. The maximum Gasteiger partial charge on any atom is 0.228 e. The smallest absolute Gasteiger partial charge is 0.228 e. The molecule has 1 aliphatic rings. The fraction of sp³-hybridized carbons (Fsp3) is 0.455. The molecule has 1 amide bonds. The molecule has 1 aromatic heterocycles. The highest BCUT2D eigenvalue weighted by Gasteiger charge is 2.32. The van der Waals surface area contributed by atoms with Crippen LogP contribution in [0.5, 0.6) is 0 Å². The molecule has 1 aromatic rings. The Balaban J connectivity index is 1.96. The molecule has 0 aromatic carbocycles. The van der Waals surface area contributed by atoms with Crippen LogP contribution in [-0.4, -0.2) is 51.3 Å². The van der Waals surface area contributed by atoms with Crippen molar-refractivity contribution in [1.29, 1.82) is 0 Å². The van der Waals surface area contributed by atoms with Crippen molar-refractivity contribution in [3.63, 3.8) is 0 Å². The summed E-state index contributed by atoms with van der Waals surface area (Å²) >= 11 is 0. The summed E-state index contributed by atoms with van der Waals surface area (Å²) in [4.78, 5) is 17.3. The number of amides is 1. The lowest BCUT2D eigenvalue weighted by Crippen LogP contribution is -2.31. The van der Waals surface area contributed by atoms with E-state index >= 15 is 0 Å². The van der Waals surface area contributed by atoms with Crippen LogP contribution in [0, 0.1) is 0 Å². The zero-order valence-corrected chi connectivity index (χ0v) is 9.28. The van der Waals surface area contributed by atoms with Gasteiger partial charge in [0.15, 0.2) is 0 Å². The van der Waals surface area contributed by atoms with Crippen molar-refractivity contribution in [2.24, 2.45) is 0 Å². The van der Waals surface area contributed by atoms with E-state index in [4.69, 9.17) is 5.73 Å². The molecular weight excluding hydrogens is 222 g/mol. The molecule has 92 valence electrons.